The first kappa shape index (κ1) is 18.2. The number of alkyl carbamates (subject to hydrolysis) is 1. The van der Waals surface area contributed by atoms with Crippen LogP contribution in [0.15, 0.2) is 24.3 Å². The highest BCUT2D eigenvalue weighted by Crippen LogP contribution is 2.22. The molecular weight excluding hydrogens is 280 g/mol. The van der Waals surface area contributed by atoms with Crippen molar-refractivity contribution >= 4 is 12.0 Å². The Morgan fingerprint density at radius 1 is 1.18 bits per heavy atom. The summed E-state index contributed by atoms with van der Waals surface area (Å²) in [5.41, 5.74) is 2.46. The summed E-state index contributed by atoms with van der Waals surface area (Å²) < 4.78 is 4.40. The summed E-state index contributed by atoms with van der Waals surface area (Å²) in [6, 6.07) is 8.51. The molecule has 0 fully saturated rings. The molecule has 5 nitrogen and oxygen atoms in total. The molecule has 0 unspecified atom stereocenters. The Labute approximate surface area is 132 Å². The van der Waals surface area contributed by atoms with Crippen molar-refractivity contribution in [1.82, 2.24) is 10.6 Å². The second-order valence-corrected chi connectivity index (χ2v) is 5.63. The normalized spacial score (nSPS) is 12.0. The minimum Gasteiger partial charge on any atom is -0.453 e. The van der Waals surface area contributed by atoms with Crippen molar-refractivity contribution in [1.29, 1.82) is 0 Å². The molecule has 0 saturated carbocycles. The van der Waals surface area contributed by atoms with Crippen molar-refractivity contribution in [3.05, 3.63) is 35.4 Å². The van der Waals surface area contributed by atoms with Gasteiger partial charge in [0.25, 0.3) is 0 Å². The number of hydrogen-bond donors (Lipinski definition) is 2. The standard InChI is InChI=1S/C17H26N2O3/c1-5-6-13-7-9-14(10-8-13)16(12(2)3)18-11-15(20)19-17(21)22-4/h7-10,12,16,18H,5-6,11H2,1-4H3,(H,19,20,21)/t16-/m0/s1. The molecule has 1 aromatic carbocycles. The Balaban J connectivity index is 2.65. The third-order valence-corrected chi connectivity index (χ3v) is 3.45. The Bertz CT molecular complexity index is 483. The summed E-state index contributed by atoms with van der Waals surface area (Å²) >= 11 is 0. The molecule has 0 heterocycles. The zero-order valence-corrected chi connectivity index (χ0v) is 13.8. The van der Waals surface area contributed by atoms with Gasteiger partial charge in [-0.2, -0.15) is 0 Å². The zero-order chi connectivity index (χ0) is 16.5. The minimum absolute atomic E-state index is 0.0547. The molecule has 0 aliphatic carbocycles. The lowest BCUT2D eigenvalue weighted by Gasteiger charge is -2.23. The van der Waals surface area contributed by atoms with Gasteiger partial charge >= 0.3 is 6.09 Å². The fourth-order valence-electron chi connectivity index (χ4n) is 2.33. The van der Waals surface area contributed by atoms with Gasteiger partial charge in [0.05, 0.1) is 13.7 Å². The molecule has 1 rings (SSSR count). The van der Waals surface area contributed by atoms with Crippen LogP contribution >= 0.6 is 0 Å². The lowest BCUT2D eigenvalue weighted by Crippen LogP contribution is -2.39. The number of imide groups is 1. The maximum atomic E-state index is 11.6. The highest BCUT2D eigenvalue weighted by molar-refractivity contribution is 5.92. The van der Waals surface area contributed by atoms with E-state index in [1.54, 1.807) is 0 Å². The average molecular weight is 306 g/mol. The molecule has 0 aliphatic heterocycles. The largest absolute Gasteiger partial charge is 0.453 e. The van der Waals surface area contributed by atoms with Crippen LogP contribution in [0, 0.1) is 5.92 Å². The monoisotopic (exact) mass is 306 g/mol. The smallest absolute Gasteiger partial charge is 0.413 e. The molecule has 0 aliphatic rings. The molecule has 2 amide bonds. The van der Waals surface area contributed by atoms with E-state index in [-0.39, 0.29) is 12.6 Å². The maximum Gasteiger partial charge on any atom is 0.413 e. The molecule has 0 aromatic heterocycles. The molecule has 22 heavy (non-hydrogen) atoms. The van der Waals surface area contributed by atoms with E-state index in [0.29, 0.717) is 5.92 Å². The predicted molar refractivity (Wildman–Crippen MR) is 86.6 cm³/mol. The molecular formula is C17H26N2O3. The van der Waals surface area contributed by atoms with Gasteiger partial charge in [-0.25, -0.2) is 4.79 Å². The lowest BCUT2D eigenvalue weighted by molar-refractivity contribution is -0.119. The molecule has 0 saturated heterocycles. The molecule has 5 heteroatoms. The van der Waals surface area contributed by atoms with Gasteiger partial charge in [0, 0.05) is 6.04 Å². The van der Waals surface area contributed by atoms with E-state index in [9.17, 15) is 9.59 Å². The first-order valence-electron chi connectivity index (χ1n) is 7.68. The molecule has 122 valence electrons. The second-order valence-electron chi connectivity index (χ2n) is 5.63. The van der Waals surface area contributed by atoms with Crippen LogP contribution in [0.25, 0.3) is 0 Å². The van der Waals surface area contributed by atoms with Crippen LogP contribution in [-0.4, -0.2) is 25.7 Å². The maximum absolute atomic E-state index is 11.6. The van der Waals surface area contributed by atoms with Crippen molar-refractivity contribution in [2.24, 2.45) is 5.92 Å². The number of benzene rings is 1. The van der Waals surface area contributed by atoms with Gasteiger partial charge in [-0.05, 0) is 23.5 Å². The van der Waals surface area contributed by atoms with Crippen molar-refractivity contribution in [2.75, 3.05) is 13.7 Å². The fourth-order valence-corrected chi connectivity index (χ4v) is 2.33. The third-order valence-electron chi connectivity index (χ3n) is 3.45. The summed E-state index contributed by atoms with van der Waals surface area (Å²) in [6.45, 7) is 6.41. The Hall–Kier alpha value is -1.88. The molecule has 0 bridgehead atoms. The first-order valence-corrected chi connectivity index (χ1v) is 7.68. The summed E-state index contributed by atoms with van der Waals surface area (Å²) in [5, 5.41) is 5.33. The Kier molecular flexibility index (Phi) is 7.60. The average Bonchev–Trinajstić information content (AvgIpc) is 2.48. The van der Waals surface area contributed by atoms with E-state index in [4.69, 9.17) is 0 Å². The van der Waals surface area contributed by atoms with Crippen LogP contribution < -0.4 is 10.6 Å². The second kappa shape index (κ2) is 9.20. The lowest BCUT2D eigenvalue weighted by atomic mass is 9.94. The van der Waals surface area contributed by atoms with Crippen LogP contribution in [-0.2, 0) is 16.0 Å². The number of aryl methyl sites for hydroxylation is 1. The number of amides is 2. The summed E-state index contributed by atoms with van der Waals surface area (Å²) in [5.74, 6) is -0.0805. The number of methoxy groups -OCH3 is 1. The topological polar surface area (TPSA) is 67.4 Å². The van der Waals surface area contributed by atoms with Crippen molar-refractivity contribution in [3.63, 3.8) is 0 Å². The van der Waals surface area contributed by atoms with Gasteiger partial charge in [-0.15, -0.1) is 0 Å². The third kappa shape index (κ3) is 5.85. The Morgan fingerprint density at radius 2 is 1.82 bits per heavy atom. The van der Waals surface area contributed by atoms with Crippen LogP contribution in [0.5, 0.6) is 0 Å². The van der Waals surface area contributed by atoms with Crippen LogP contribution in [0.4, 0.5) is 4.79 Å². The van der Waals surface area contributed by atoms with Crippen LogP contribution in [0.2, 0.25) is 0 Å². The van der Waals surface area contributed by atoms with Crippen molar-refractivity contribution in [2.45, 2.75) is 39.7 Å². The zero-order valence-electron chi connectivity index (χ0n) is 13.8. The molecule has 1 aromatic rings. The fraction of sp³-hybridized carbons (Fsp3) is 0.529. The van der Waals surface area contributed by atoms with Gasteiger partial charge in [0.1, 0.15) is 0 Å². The number of rotatable bonds is 7. The summed E-state index contributed by atoms with van der Waals surface area (Å²) in [7, 11) is 1.23. The number of carbonyl (C=O) groups excluding carboxylic acids is 2. The molecule has 0 spiro atoms. The van der Waals surface area contributed by atoms with E-state index in [0.717, 1.165) is 18.4 Å². The van der Waals surface area contributed by atoms with Gasteiger partial charge in [0.15, 0.2) is 0 Å². The Morgan fingerprint density at radius 3 is 2.32 bits per heavy atom. The van der Waals surface area contributed by atoms with E-state index in [2.05, 4.69) is 60.4 Å². The summed E-state index contributed by atoms with van der Waals surface area (Å²) in [6.07, 6.45) is 1.46. The minimum atomic E-state index is -0.739. The van der Waals surface area contributed by atoms with Crippen LogP contribution in [0.1, 0.15) is 44.4 Å². The van der Waals surface area contributed by atoms with Crippen molar-refractivity contribution < 1.29 is 14.3 Å². The number of hydrogen-bond acceptors (Lipinski definition) is 4. The number of ether oxygens (including phenoxy) is 1. The van der Waals surface area contributed by atoms with Gasteiger partial charge in [-0.3, -0.25) is 10.1 Å². The first-order chi connectivity index (χ1) is 10.5. The van der Waals surface area contributed by atoms with Gasteiger partial charge in [0.2, 0.25) is 5.91 Å². The highest BCUT2D eigenvalue weighted by Gasteiger charge is 2.17. The van der Waals surface area contributed by atoms with Gasteiger partial charge in [-0.1, -0.05) is 51.5 Å². The van der Waals surface area contributed by atoms with E-state index in [1.807, 2.05) is 0 Å². The predicted octanol–water partition coefficient (Wildman–Crippen LogP) is 2.81. The summed E-state index contributed by atoms with van der Waals surface area (Å²) in [4.78, 5) is 22.6. The number of carbonyl (C=O) groups is 2. The number of nitrogens with one attached hydrogen (secondary N) is 2. The van der Waals surface area contributed by atoms with Crippen molar-refractivity contribution in [3.8, 4) is 0 Å². The molecule has 2 N–H and O–H groups in total. The van der Waals surface area contributed by atoms with E-state index in [1.165, 1.54) is 12.7 Å². The van der Waals surface area contributed by atoms with E-state index < -0.39 is 12.0 Å². The SMILES string of the molecule is CCCc1ccc([C@@H](NCC(=O)NC(=O)OC)C(C)C)cc1. The molecule has 1 atom stereocenters. The highest BCUT2D eigenvalue weighted by atomic mass is 16.5. The van der Waals surface area contributed by atoms with Gasteiger partial charge < -0.3 is 10.1 Å². The van der Waals surface area contributed by atoms with Crippen LogP contribution in [0.3, 0.4) is 0 Å². The quantitative estimate of drug-likeness (QED) is 0.813. The molecule has 0 radical (unpaired) electrons. The van der Waals surface area contributed by atoms with E-state index >= 15 is 0 Å².